The van der Waals surface area contributed by atoms with Crippen molar-refractivity contribution in [3.63, 3.8) is 0 Å². The summed E-state index contributed by atoms with van der Waals surface area (Å²) in [5.74, 6) is -0.952. The Hall–Kier alpha value is -2.35. The molecule has 33 heavy (non-hydrogen) atoms. The highest BCUT2D eigenvalue weighted by Gasteiger charge is 2.26. The number of likely N-dealkylation sites (tertiary alicyclic amines) is 1. The fourth-order valence-corrected chi connectivity index (χ4v) is 4.52. The van der Waals surface area contributed by atoms with Gasteiger partial charge in [-0.05, 0) is 56.1 Å². The van der Waals surface area contributed by atoms with Gasteiger partial charge in [-0.25, -0.2) is 4.79 Å². The lowest BCUT2D eigenvalue weighted by Gasteiger charge is -2.26. The van der Waals surface area contributed by atoms with E-state index in [9.17, 15) is 14.4 Å². The van der Waals surface area contributed by atoms with Crippen molar-refractivity contribution < 1.29 is 19.1 Å². The molecule has 1 aromatic carbocycles. The van der Waals surface area contributed by atoms with Crippen molar-refractivity contribution in [2.24, 2.45) is 0 Å². The summed E-state index contributed by atoms with van der Waals surface area (Å²) in [6.45, 7) is 6.80. The van der Waals surface area contributed by atoms with Crippen molar-refractivity contribution in [1.29, 1.82) is 0 Å². The Balaban J connectivity index is 1.85. The second-order valence-corrected chi connectivity index (χ2v) is 9.13. The SMILES string of the molecule is COC(=O)c1c(CC(=O)N(CCN2CCCC2)Cc2ccc(Cl)c(Cl)c2)[nH]c(C(C)=O)c1C. The molecule has 0 atom stereocenters. The van der Waals surface area contributed by atoms with Gasteiger partial charge >= 0.3 is 5.97 Å². The Morgan fingerprint density at radius 1 is 1.15 bits per heavy atom. The number of halogens is 2. The van der Waals surface area contributed by atoms with Crippen LogP contribution in [0.15, 0.2) is 18.2 Å². The van der Waals surface area contributed by atoms with E-state index < -0.39 is 5.97 Å². The first-order chi connectivity index (χ1) is 15.7. The van der Waals surface area contributed by atoms with E-state index in [1.807, 2.05) is 6.07 Å². The topological polar surface area (TPSA) is 82.7 Å². The smallest absolute Gasteiger partial charge is 0.339 e. The van der Waals surface area contributed by atoms with Gasteiger partial charge in [-0.15, -0.1) is 0 Å². The van der Waals surface area contributed by atoms with Crippen LogP contribution >= 0.6 is 23.2 Å². The average molecular weight is 494 g/mol. The number of benzene rings is 1. The number of carbonyl (C=O) groups is 3. The van der Waals surface area contributed by atoms with Gasteiger partial charge in [0, 0.05) is 32.3 Å². The number of esters is 1. The lowest BCUT2D eigenvalue weighted by Crippen LogP contribution is -2.38. The molecule has 2 heterocycles. The van der Waals surface area contributed by atoms with Gasteiger partial charge in [0.15, 0.2) is 5.78 Å². The first-order valence-corrected chi connectivity index (χ1v) is 11.7. The number of ether oxygens (including phenoxy) is 1. The van der Waals surface area contributed by atoms with Gasteiger partial charge in [-0.2, -0.15) is 0 Å². The highest BCUT2D eigenvalue weighted by molar-refractivity contribution is 6.42. The van der Waals surface area contributed by atoms with E-state index in [0.29, 0.717) is 40.1 Å². The Morgan fingerprint density at radius 3 is 2.45 bits per heavy atom. The van der Waals surface area contributed by atoms with Crippen LogP contribution in [0.5, 0.6) is 0 Å². The summed E-state index contributed by atoms with van der Waals surface area (Å²) < 4.78 is 4.90. The molecule has 1 aliphatic rings. The van der Waals surface area contributed by atoms with Gasteiger partial charge < -0.3 is 19.5 Å². The third-order valence-electron chi connectivity index (χ3n) is 5.99. The number of carbonyl (C=O) groups excluding carboxylic acids is 3. The van der Waals surface area contributed by atoms with Crippen LogP contribution in [0.3, 0.4) is 0 Å². The van der Waals surface area contributed by atoms with Gasteiger partial charge in [0.25, 0.3) is 0 Å². The monoisotopic (exact) mass is 493 g/mol. The molecular formula is C24H29Cl2N3O4. The maximum Gasteiger partial charge on any atom is 0.339 e. The van der Waals surface area contributed by atoms with Gasteiger partial charge in [0.1, 0.15) is 0 Å². The molecular weight excluding hydrogens is 465 g/mol. The molecule has 2 aromatic rings. The standard InChI is InChI=1S/C24H29Cl2N3O4/c1-15-22(24(32)33-3)20(27-23(15)16(2)30)13-21(31)29(11-10-28-8-4-5-9-28)14-17-6-7-18(25)19(26)12-17/h6-7,12,27H,4-5,8-11,13-14H2,1-3H3. The van der Waals surface area contributed by atoms with Crippen LogP contribution < -0.4 is 0 Å². The Kier molecular flexibility index (Phi) is 8.57. The van der Waals surface area contributed by atoms with Crippen LogP contribution in [0, 0.1) is 6.92 Å². The van der Waals surface area contributed by atoms with E-state index in [0.717, 1.165) is 25.2 Å². The Morgan fingerprint density at radius 2 is 1.85 bits per heavy atom. The molecule has 178 valence electrons. The number of aromatic nitrogens is 1. The second-order valence-electron chi connectivity index (χ2n) is 8.32. The lowest BCUT2D eigenvalue weighted by atomic mass is 10.1. The molecule has 1 aliphatic heterocycles. The molecule has 7 nitrogen and oxygen atoms in total. The zero-order valence-corrected chi connectivity index (χ0v) is 20.7. The number of aromatic amines is 1. The number of hydrogen-bond acceptors (Lipinski definition) is 5. The van der Waals surface area contributed by atoms with Gasteiger partial charge in [-0.1, -0.05) is 29.3 Å². The van der Waals surface area contributed by atoms with Crippen LogP contribution in [-0.4, -0.2) is 65.7 Å². The number of rotatable bonds is 9. The highest BCUT2D eigenvalue weighted by atomic mass is 35.5. The minimum atomic E-state index is -0.577. The predicted molar refractivity (Wildman–Crippen MR) is 128 cm³/mol. The van der Waals surface area contributed by atoms with Crippen LogP contribution in [0.1, 0.15) is 57.4 Å². The van der Waals surface area contributed by atoms with E-state index in [2.05, 4.69) is 9.88 Å². The molecule has 0 bridgehead atoms. The summed E-state index contributed by atoms with van der Waals surface area (Å²) in [6.07, 6.45) is 2.28. The van der Waals surface area contributed by atoms with Gasteiger partial charge in [0.05, 0.1) is 34.8 Å². The van der Waals surface area contributed by atoms with E-state index >= 15 is 0 Å². The summed E-state index contributed by atoms with van der Waals surface area (Å²) in [7, 11) is 1.28. The second kappa shape index (κ2) is 11.2. The van der Waals surface area contributed by atoms with E-state index in [1.165, 1.54) is 26.9 Å². The minimum absolute atomic E-state index is 0.0557. The van der Waals surface area contributed by atoms with Crippen molar-refractivity contribution in [2.45, 2.75) is 39.7 Å². The normalized spacial score (nSPS) is 13.8. The van der Waals surface area contributed by atoms with Crippen molar-refractivity contribution in [3.8, 4) is 0 Å². The summed E-state index contributed by atoms with van der Waals surface area (Å²) in [4.78, 5) is 44.9. The first-order valence-electron chi connectivity index (χ1n) is 11.0. The zero-order valence-electron chi connectivity index (χ0n) is 19.2. The number of nitrogens with zero attached hydrogens (tertiary/aromatic N) is 2. The third kappa shape index (κ3) is 6.16. The van der Waals surface area contributed by atoms with E-state index in [4.69, 9.17) is 27.9 Å². The molecule has 1 fully saturated rings. The van der Waals surface area contributed by atoms with E-state index in [1.54, 1.807) is 24.0 Å². The van der Waals surface area contributed by atoms with E-state index in [-0.39, 0.29) is 23.7 Å². The van der Waals surface area contributed by atoms with Crippen molar-refractivity contribution >= 4 is 40.9 Å². The summed E-state index contributed by atoms with van der Waals surface area (Å²) in [6, 6.07) is 5.31. The number of hydrogen-bond donors (Lipinski definition) is 1. The van der Waals surface area contributed by atoms with Crippen LogP contribution in [0.25, 0.3) is 0 Å². The number of amides is 1. The molecule has 3 rings (SSSR count). The number of ketones is 1. The molecule has 1 amide bonds. The largest absolute Gasteiger partial charge is 0.465 e. The summed E-state index contributed by atoms with van der Waals surface area (Å²) in [5.41, 5.74) is 2.29. The summed E-state index contributed by atoms with van der Waals surface area (Å²) >= 11 is 12.2. The van der Waals surface area contributed by atoms with Gasteiger partial charge in [0.2, 0.25) is 5.91 Å². The number of H-pyrrole nitrogens is 1. The maximum atomic E-state index is 13.4. The minimum Gasteiger partial charge on any atom is -0.465 e. The predicted octanol–water partition coefficient (Wildman–Crippen LogP) is 4.29. The lowest BCUT2D eigenvalue weighted by molar-refractivity contribution is -0.131. The molecule has 0 aliphatic carbocycles. The molecule has 0 saturated carbocycles. The molecule has 1 N–H and O–H groups in total. The molecule has 9 heteroatoms. The van der Waals surface area contributed by atoms with Crippen molar-refractivity contribution in [2.75, 3.05) is 33.3 Å². The zero-order chi connectivity index (χ0) is 24.1. The Labute approximate surface area is 204 Å². The van der Waals surface area contributed by atoms with Crippen molar-refractivity contribution in [3.05, 3.63) is 56.3 Å². The summed E-state index contributed by atoms with van der Waals surface area (Å²) in [5, 5.41) is 0.886. The molecule has 0 radical (unpaired) electrons. The molecule has 0 unspecified atom stereocenters. The third-order valence-corrected chi connectivity index (χ3v) is 6.73. The highest BCUT2D eigenvalue weighted by Crippen LogP contribution is 2.24. The number of Topliss-reactive ketones (excluding diaryl/α,β-unsaturated/α-hetero) is 1. The fraction of sp³-hybridized carbons (Fsp3) is 0.458. The first kappa shape index (κ1) is 25.3. The molecule has 0 spiro atoms. The quantitative estimate of drug-likeness (QED) is 0.416. The average Bonchev–Trinajstić information content (AvgIpc) is 3.40. The van der Waals surface area contributed by atoms with Crippen molar-refractivity contribution in [1.82, 2.24) is 14.8 Å². The number of methoxy groups -OCH3 is 1. The van der Waals surface area contributed by atoms with Gasteiger partial charge in [-0.3, -0.25) is 9.59 Å². The van der Waals surface area contributed by atoms with Crippen LogP contribution in [-0.2, 0) is 22.5 Å². The maximum absolute atomic E-state index is 13.4. The van der Waals surface area contributed by atoms with Crippen LogP contribution in [0.4, 0.5) is 0 Å². The Bertz CT molecular complexity index is 1040. The molecule has 1 saturated heterocycles. The molecule has 1 aromatic heterocycles. The van der Waals surface area contributed by atoms with Crippen LogP contribution in [0.2, 0.25) is 10.0 Å². The fourth-order valence-electron chi connectivity index (χ4n) is 4.20. The number of nitrogens with one attached hydrogen (secondary N) is 1.